The topological polar surface area (TPSA) is 69.7 Å². The van der Waals surface area contributed by atoms with Gasteiger partial charge in [-0.3, -0.25) is 9.69 Å². The van der Waals surface area contributed by atoms with Crippen molar-refractivity contribution >= 4 is 11.6 Å². The summed E-state index contributed by atoms with van der Waals surface area (Å²) in [5.41, 5.74) is 1.90. The van der Waals surface area contributed by atoms with Crippen molar-refractivity contribution in [3.8, 4) is 23.0 Å². The van der Waals surface area contributed by atoms with Gasteiger partial charge in [-0.15, -0.1) is 0 Å². The van der Waals surface area contributed by atoms with Crippen LogP contribution in [-0.2, 0) is 16.1 Å². The van der Waals surface area contributed by atoms with Crippen LogP contribution in [0.25, 0.3) is 0 Å². The first-order chi connectivity index (χ1) is 16.0. The molecule has 1 saturated heterocycles. The standard InChI is InChI=1S/C25H34N2O6/c1-29-17-25(28)27(20-7-9-22(31-3)24(14-20)33-5)19-10-12-26(13-11-19)16-18-6-8-21(30-2)15-23(18)32-4/h6-9,14-15,19H,10-13,16-17H2,1-5H3. The van der Waals surface area contributed by atoms with Crippen LogP contribution in [0.3, 0.4) is 0 Å². The lowest BCUT2D eigenvalue weighted by Crippen LogP contribution is -2.48. The predicted molar refractivity (Wildman–Crippen MR) is 127 cm³/mol. The highest BCUT2D eigenvalue weighted by atomic mass is 16.5. The van der Waals surface area contributed by atoms with Crippen molar-refractivity contribution in [2.75, 3.05) is 60.1 Å². The first-order valence-electron chi connectivity index (χ1n) is 11.0. The maximum Gasteiger partial charge on any atom is 0.253 e. The monoisotopic (exact) mass is 458 g/mol. The number of benzene rings is 2. The molecule has 33 heavy (non-hydrogen) atoms. The lowest BCUT2D eigenvalue weighted by molar-refractivity contribution is -0.122. The summed E-state index contributed by atoms with van der Waals surface area (Å²) in [6.07, 6.45) is 1.70. The second-order valence-electron chi connectivity index (χ2n) is 7.92. The van der Waals surface area contributed by atoms with Gasteiger partial charge in [0.05, 0.1) is 28.4 Å². The molecule has 1 heterocycles. The van der Waals surface area contributed by atoms with E-state index in [0.29, 0.717) is 11.5 Å². The molecule has 8 nitrogen and oxygen atoms in total. The Morgan fingerprint density at radius 1 is 0.879 bits per heavy atom. The molecular weight excluding hydrogens is 424 g/mol. The number of piperidine rings is 1. The molecule has 2 aromatic carbocycles. The zero-order chi connectivity index (χ0) is 23.8. The van der Waals surface area contributed by atoms with Crippen LogP contribution in [0.2, 0.25) is 0 Å². The van der Waals surface area contributed by atoms with Gasteiger partial charge in [0.1, 0.15) is 18.1 Å². The molecule has 0 spiro atoms. The van der Waals surface area contributed by atoms with Crippen LogP contribution in [0.5, 0.6) is 23.0 Å². The van der Waals surface area contributed by atoms with Gasteiger partial charge < -0.3 is 28.6 Å². The zero-order valence-corrected chi connectivity index (χ0v) is 20.1. The quantitative estimate of drug-likeness (QED) is 0.541. The number of methoxy groups -OCH3 is 5. The fraction of sp³-hybridized carbons (Fsp3) is 0.480. The molecule has 0 aliphatic carbocycles. The second-order valence-corrected chi connectivity index (χ2v) is 7.92. The Hall–Kier alpha value is -2.97. The van der Waals surface area contributed by atoms with Gasteiger partial charge in [-0.25, -0.2) is 0 Å². The van der Waals surface area contributed by atoms with E-state index in [0.717, 1.165) is 55.2 Å². The van der Waals surface area contributed by atoms with E-state index in [1.54, 1.807) is 28.4 Å². The average molecular weight is 459 g/mol. The maximum absolute atomic E-state index is 13.0. The summed E-state index contributed by atoms with van der Waals surface area (Å²) in [6.45, 7) is 2.54. The van der Waals surface area contributed by atoms with E-state index in [2.05, 4.69) is 4.90 Å². The number of ether oxygens (including phenoxy) is 5. The number of rotatable bonds is 10. The number of carbonyl (C=O) groups is 1. The Balaban J connectivity index is 1.73. The van der Waals surface area contributed by atoms with Gasteiger partial charge in [-0.1, -0.05) is 6.07 Å². The third-order valence-corrected chi connectivity index (χ3v) is 5.99. The number of carbonyl (C=O) groups excluding carboxylic acids is 1. The van der Waals surface area contributed by atoms with Gasteiger partial charge in [0.2, 0.25) is 0 Å². The Morgan fingerprint density at radius 3 is 2.18 bits per heavy atom. The highest BCUT2D eigenvalue weighted by molar-refractivity contribution is 5.95. The Labute approximate surface area is 195 Å². The smallest absolute Gasteiger partial charge is 0.253 e. The molecule has 0 unspecified atom stereocenters. The van der Waals surface area contributed by atoms with Crippen LogP contribution < -0.4 is 23.8 Å². The Morgan fingerprint density at radius 2 is 1.58 bits per heavy atom. The third kappa shape index (κ3) is 5.89. The highest BCUT2D eigenvalue weighted by Gasteiger charge is 2.30. The van der Waals surface area contributed by atoms with Crippen molar-refractivity contribution in [2.45, 2.75) is 25.4 Å². The minimum Gasteiger partial charge on any atom is -0.497 e. The SMILES string of the molecule is COCC(=O)N(c1ccc(OC)c(OC)c1)C1CCN(Cc2ccc(OC)cc2OC)CC1. The third-order valence-electron chi connectivity index (χ3n) is 5.99. The molecule has 1 fully saturated rings. The van der Waals surface area contributed by atoms with Gasteiger partial charge in [-0.2, -0.15) is 0 Å². The van der Waals surface area contributed by atoms with E-state index in [1.807, 2.05) is 41.3 Å². The number of likely N-dealkylation sites (tertiary alicyclic amines) is 1. The molecule has 8 heteroatoms. The molecule has 3 rings (SSSR count). The molecule has 0 N–H and O–H groups in total. The summed E-state index contributed by atoms with van der Waals surface area (Å²) in [4.78, 5) is 17.2. The van der Waals surface area contributed by atoms with Crippen molar-refractivity contribution in [3.63, 3.8) is 0 Å². The van der Waals surface area contributed by atoms with Crippen LogP contribution in [0.4, 0.5) is 5.69 Å². The molecule has 2 aromatic rings. The van der Waals surface area contributed by atoms with Crippen molar-refractivity contribution in [1.29, 1.82) is 0 Å². The minimum absolute atomic E-state index is 0.0254. The number of amides is 1. The molecule has 0 saturated carbocycles. The van der Waals surface area contributed by atoms with Gasteiger partial charge >= 0.3 is 0 Å². The molecule has 1 amide bonds. The van der Waals surface area contributed by atoms with Crippen molar-refractivity contribution < 1.29 is 28.5 Å². The molecular formula is C25H34N2O6. The number of nitrogens with zero attached hydrogens (tertiary/aromatic N) is 2. The molecule has 0 atom stereocenters. The van der Waals surface area contributed by atoms with E-state index in [4.69, 9.17) is 23.7 Å². The van der Waals surface area contributed by atoms with Gasteiger partial charge in [-0.05, 0) is 31.0 Å². The van der Waals surface area contributed by atoms with E-state index in [-0.39, 0.29) is 18.6 Å². The summed E-state index contributed by atoms with van der Waals surface area (Å²) >= 11 is 0. The fourth-order valence-corrected chi connectivity index (χ4v) is 4.29. The average Bonchev–Trinajstić information content (AvgIpc) is 2.85. The van der Waals surface area contributed by atoms with Gasteiger partial charge in [0.15, 0.2) is 11.5 Å². The first kappa shape index (κ1) is 24.7. The van der Waals surface area contributed by atoms with Crippen molar-refractivity contribution in [1.82, 2.24) is 4.90 Å². The summed E-state index contributed by atoms with van der Waals surface area (Å²) in [6, 6.07) is 11.5. The van der Waals surface area contributed by atoms with Gasteiger partial charge in [0.25, 0.3) is 5.91 Å². The summed E-state index contributed by atoms with van der Waals surface area (Å²) in [7, 11) is 8.05. The molecule has 0 bridgehead atoms. The minimum atomic E-state index is -0.0695. The number of anilines is 1. The van der Waals surface area contributed by atoms with Crippen molar-refractivity contribution in [3.05, 3.63) is 42.0 Å². The Bertz CT molecular complexity index is 927. The summed E-state index contributed by atoms with van der Waals surface area (Å²) < 4.78 is 26.8. The molecule has 1 aliphatic heterocycles. The molecule has 180 valence electrons. The van der Waals surface area contributed by atoms with E-state index < -0.39 is 0 Å². The molecule has 0 aromatic heterocycles. The van der Waals surface area contributed by atoms with E-state index in [1.165, 1.54) is 7.11 Å². The Kier molecular flexibility index (Phi) is 8.79. The van der Waals surface area contributed by atoms with Crippen LogP contribution in [0.15, 0.2) is 36.4 Å². The number of hydrogen-bond acceptors (Lipinski definition) is 7. The predicted octanol–water partition coefficient (Wildman–Crippen LogP) is 3.37. The highest BCUT2D eigenvalue weighted by Crippen LogP contribution is 2.34. The van der Waals surface area contributed by atoms with Gasteiger partial charge in [0, 0.05) is 56.2 Å². The van der Waals surface area contributed by atoms with Crippen LogP contribution >= 0.6 is 0 Å². The van der Waals surface area contributed by atoms with Crippen LogP contribution in [-0.4, -0.2) is 72.1 Å². The maximum atomic E-state index is 13.0. The van der Waals surface area contributed by atoms with Crippen molar-refractivity contribution in [2.24, 2.45) is 0 Å². The molecule has 0 radical (unpaired) electrons. The first-order valence-corrected chi connectivity index (χ1v) is 11.0. The second kappa shape index (κ2) is 11.8. The number of hydrogen-bond donors (Lipinski definition) is 0. The van der Waals surface area contributed by atoms with E-state index in [9.17, 15) is 4.79 Å². The normalized spacial score (nSPS) is 14.6. The van der Waals surface area contributed by atoms with Crippen LogP contribution in [0.1, 0.15) is 18.4 Å². The fourth-order valence-electron chi connectivity index (χ4n) is 4.29. The zero-order valence-electron chi connectivity index (χ0n) is 20.1. The molecule has 1 aliphatic rings. The summed E-state index contributed by atoms with van der Waals surface area (Å²) in [5, 5.41) is 0. The lowest BCUT2D eigenvalue weighted by atomic mass is 10.0. The summed E-state index contributed by atoms with van der Waals surface area (Å²) in [5.74, 6) is 2.74. The van der Waals surface area contributed by atoms with Crippen LogP contribution in [0, 0.1) is 0 Å². The van der Waals surface area contributed by atoms with E-state index >= 15 is 0 Å². The largest absolute Gasteiger partial charge is 0.497 e. The lowest BCUT2D eigenvalue weighted by Gasteiger charge is -2.38.